The van der Waals surface area contributed by atoms with Crippen LogP contribution in [0.5, 0.6) is 11.5 Å². The van der Waals surface area contributed by atoms with Crippen molar-refractivity contribution in [3.8, 4) is 11.5 Å². The third kappa shape index (κ3) is 6.31. The van der Waals surface area contributed by atoms with Crippen molar-refractivity contribution in [1.29, 1.82) is 0 Å². The maximum absolute atomic E-state index is 13.8. The maximum Gasteiger partial charge on any atom is 0.229 e. The average molecular weight is 562 g/mol. The fourth-order valence-electron chi connectivity index (χ4n) is 6.16. The summed E-state index contributed by atoms with van der Waals surface area (Å²) in [6, 6.07) is 7.51. The van der Waals surface area contributed by atoms with Crippen LogP contribution in [0.2, 0.25) is 0 Å². The summed E-state index contributed by atoms with van der Waals surface area (Å²) >= 11 is 0. The van der Waals surface area contributed by atoms with Gasteiger partial charge in [0.1, 0.15) is 5.65 Å². The Morgan fingerprint density at radius 2 is 1.88 bits per heavy atom. The minimum atomic E-state index is -0.222. The van der Waals surface area contributed by atoms with Crippen LogP contribution in [0.15, 0.2) is 36.7 Å². The molecule has 2 aliphatic heterocycles. The fourth-order valence-corrected chi connectivity index (χ4v) is 6.16. The molecule has 0 unspecified atom stereocenters. The molecule has 3 amide bonds. The van der Waals surface area contributed by atoms with E-state index in [-0.39, 0.29) is 42.6 Å². The molecular formula is C31H39N5O5. The number of hydrogen-bond acceptors (Lipinski definition) is 6. The Kier molecular flexibility index (Phi) is 8.75. The molecule has 2 atom stereocenters. The first kappa shape index (κ1) is 28.4. The molecule has 1 saturated heterocycles. The molecule has 3 aromatic rings. The van der Waals surface area contributed by atoms with Crippen molar-refractivity contribution in [2.45, 2.75) is 70.4 Å². The predicted molar refractivity (Wildman–Crippen MR) is 154 cm³/mol. The van der Waals surface area contributed by atoms with Crippen molar-refractivity contribution in [2.24, 2.45) is 0 Å². The molecule has 5 rings (SSSR count). The molecule has 2 N–H and O–H groups in total. The predicted octanol–water partition coefficient (Wildman–Crippen LogP) is 2.76. The Balaban J connectivity index is 1.34. The molecule has 4 heterocycles. The SMILES string of the molecule is COc1cc2cc(c1OC)CCCNC(=O)C[C@@H]1CC[C@H](CNC(=O)CC2)N1C(=O)Cc1cnc2c(C)cccn12. The summed E-state index contributed by atoms with van der Waals surface area (Å²) in [5, 5.41) is 6.09. The van der Waals surface area contributed by atoms with Gasteiger partial charge in [-0.1, -0.05) is 12.1 Å². The van der Waals surface area contributed by atoms with Gasteiger partial charge in [0.25, 0.3) is 0 Å². The number of fused-ring (bicyclic) bond motifs is 5. The van der Waals surface area contributed by atoms with E-state index in [0.29, 0.717) is 50.3 Å². The number of carbonyl (C=O) groups excluding carboxylic acids is 3. The number of imidazole rings is 1. The number of methoxy groups -OCH3 is 2. The minimum absolute atomic E-state index is 0.0593. The molecule has 2 aromatic heterocycles. The van der Waals surface area contributed by atoms with Crippen molar-refractivity contribution in [3.05, 3.63) is 59.0 Å². The number of aryl methyl sites for hydroxylation is 3. The van der Waals surface area contributed by atoms with Crippen LogP contribution in [-0.4, -0.2) is 71.4 Å². The zero-order valence-electron chi connectivity index (χ0n) is 24.1. The minimum Gasteiger partial charge on any atom is -0.493 e. The number of hydrogen-bond donors (Lipinski definition) is 2. The van der Waals surface area contributed by atoms with E-state index in [0.717, 1.165) is 40.9 Å². The molecule has 41 heavy (non-hydrogen) atoms. The number of aromatic nitrogens is 2. The highest BCUT2D eigenvalue weighted by Crippen LogP contribution is 2.34. The third-order valence-electron chi connectivity index (χ3n) is 8.21. The molecule has 1 aromatic carbocycles. The van der Waals surface area contributed by atoms with E-state index < -0.39 is 0 Å². The lowest BCUT2D eigenvalue weighted by Crippen LogP contribution is -2.48. The summed E-state index contributed by atoms with van der Waals surface area (Å²) in [5.74, 6) is 1.10. The molecular weight excluding hydrogens is 522 g/mol. The number of nitrogens with one attached hydrogen (secondary N) is 2. The van der Waals surface area contributed by atoms with Crippen molar-refractivity contribution in [1.82, 2.24) is 24.9 Å². The first-order valence-electron chi connectivity index (χ1n) is 14.4. The van der Waals surface area contributed by atoms with E-state index in [2.05, 4.69) is 21.7 Å². The molecule has 0 spiro atoms. The van der Waals surface area contributed by atoms with Crippen molar-refractivity contribution in [2.75, 3.05) is 27.3 Å². The number of amides is 3. The van der Waals surface area contributed by atoms with E-state index in [1.165, 1.54) is 0 Å². The van der Waals surface area contributed by atoms with Gasteiger partial charge in [-0.3, -0.25) is 14.4 Å². The monoisotopic (exact) mass is 561 g/mol. The first-order chi connectivity index (χ1) is 19.9. The summed E-state index contributed by atoms with van der Waals surface area (Å²) in [6.07, 6.45) is 7.80. The number of rotatable bonds is 4. The number of ether oxygens (including phenoxy) is 2. The lowest BCUT2D eigenvalue weighted by Gasteiger charge is -2.30. The molecule has 2 aliphatic rings. The van der Waals surface area contributed by atoms with E-state index >= 15 is 0 Å². The summed E-state index contributed by atoms with van der Waals surface area (Å²) in [6.45, 7) is 2.86. The van der Waals surface area contributed by atoms with Crippen LogP contribution in [0.1, 0.15) is 54.5 Å². The van der Waals surface area contributed by atoms with Gasteiger partial charge in [0.15, 0.2) is 11.5 Å². The third-order valence-corrected chi connectivity index (χ3v) is 8.21. The number of carbonyl (C=O) groups is 3. The summed E-state index contributed by atoms with van der Waals surface area (Å²) < 4.78 is 13.1. The maximum atomic E-state index is 13.8. The Morgan fingerprint density at radius 3 is 2.68 bits per heavy atom. The molecule has 4 bridgehead atoms. The standard InChI is InChI=1S/C31H39N5O5/c1-20-6-5-13-35-25(19-34-31(20)35)17-29(39)36-23-9-10-24(36)18-33-27(37)11-8-21-14-22(7-4-12-32-28(38)16-23)30(41-3)26(15-21)40-2/h5-6,13-15,19,23-24H,4,7-12,16-18H2,1-3H3,(H,32,38)(H,33,37)/t23-,24+/m0/s1. The summed E-state index contributed by atoms with van der Waals surface area (Å²) in [7, 11) is 3.22. The molecule has 0 saturated carbocycles. The van der Waals surface area contributed by atoms with Crippen LogP contribution in [0.25, 0.3) is 5.65 Å². The largest absolute Gasteiger partial charge is 0.493 e. The van der Waals surface area contributed by atoms with Gasteiger partial charge in [0.2, 0.25) is 17.7 Å². The lowest BCUT2D eigenvalue weighted by molar-refractivity contribution is -0.135. The Labute approximate surface area is 240 Å². The van der Waals surface area contributed by atoms with Crippen LogP contribution in [0.3, 0.4) is 0 Å². The van der Waals surface area contributed by atoms with Gasteiger partial charge in [0, 0.05) is 50.4 Å². The highest BCUT2D eigenvalue weighted by molar-refractivity contribution is 5.82. The zero-order valence-corrected chi connectivity index (χ0v) is 24.1. The van der Waals surface area contributed by atoms with Gasteiger partial charge in [0.05, 0.1) is 26.3 Å². The van der Waals surface area contributed by atoms with Gasteiger partial charge >= 0.3 is 0 Å². The summed E-state index contributed by atoms with van der Waals surface area (Å²) in [5.41, 5.74) is 4.64. The first-order valence-corrected chi connectivity index (χ1v) is 14.4. The number of benzene rings is 1. The molecule has 1 fully saturated rings. The zero-order chi connectivity index (χ0) is 28.9. The van der Waals surface area contributed by atoms with Gasteiger partial charge in [-0.25, -0.2) is 4.98 Å². The molecule has 218 valence electrons. The summed E-state index contributed by atoms with van der Waals surface area (Å²) in [4.78, 5) is 46.0. The van der Waals surface area contributed by atoms with Gasteiger partial charge in [-0.15, -0.1) is 0 Å². The van der Waals surface area contributed by atoms with Crippen LogP contribution < -0.4 is 20.1 Å². The smallest absolute Gasteiger partial charge is 0.229 e. The topological polar surface area (TPSA) is 114 Å². The highest BCUT2D eigenvalue weighted by atomic mass is 16.5. The van der Waals surface area contributed by atoms with E-state index in [1.54, 1.807) is 20.4 Å². The molecule has 0 aliphatic carbocycles. The lowest BCUT2D eigenvalue weighted by atomic mass is 10.0. The Hall–Kier alpha value is -4.08. The Bertz CT molecular complexity index is 1430. The van der Waals surface area contributed by atoms with Gasteiger partial charge in [-0.2, -0.15) is 0 Å². The molecule has 0 radical (unpaired) electrons. The van der Waals surface area contributed by atoms with Crippen molar-refractivity contribution < 1.29 is 23.9 Å². The van der Waals surface area contributed by atoms with Crippen molar-refractivity contribution in [3.63, 3.8) is 0 Å². The van der Waals surface area contributed by atoms with Gasteiger partial charge < -0.3 is 29.4 Å². The molecule has 10 heteroatoms. The van der Waals surface area contributed by atoms with Gasteiger partial charge in [-0.05, 0) is 67.9 Å². The van der Waals surface area contributed by atoms with E-state index in [4.69, 9.17) is 9.47 Å². The normalized spacial score (nSPS) is 20.3. The highest BCUT2D eigenvalue weighted by Gasteiger charge is 2.38. The second kappa shape index (κ2) is 12.6. The fraction of sp³-hybridized carbons (Fsp3) is 0.484. The van der Waals surface area contributed by atoms with Crippen molar-refractivity contribution >= 4 is 23.4 Å². The van der Waals surface area contributed by atoms with Crippen LogP contribution >= 0.6 is 0 Å². The number of nitrogens with zero attached hydrogens (tertiary/aromatic N) is 3. The van der Waals surface area contributed by atoms with E-state index in [1.807, 2.05) is 40.6 Å². The molecule has 10 nitrogen and oxygen atoms in total. The number of pyridine rings is 1. The van der Waals surface area contributed by atoms with Crippen LogP contribution in [0, 0.1) is 6.92 Å². The van der Waals surface area contributed by atoms with Crippen LogP contribution in [-0.2, 0) is 33.6 Å². The average Bonchev–Trinajstić information content (AvgIpc) is 3.56. The second-order valence-corrected chi connectivity index (χ2v) is 10.9. The van der Waals surface area contributed by atoms with E-state index in [9.17, 15) is 14.4 Å². The Morgan fingerprint density at radius 1 is 1.05 bits per heavy atom. The van der Waals surface area contributed by atoms with Crippen LogP contribution in [0.4, 0.5) is 0 Å². The quantitative estimate of drug-likeness (QED) is 0.507. The second-order valence-electron chi connectivity index (χ2n) is 10.9.